The maximum atomic E-state index is 13.1. The van der Waals surface area contributed by atoms with Crippen LogP contribution in [-0.4, -0.2) is 10.9 Å². The first-order chi connectivity index (χ1) is 9.88. The van der Waals surface area contributed by atoms with Gasteiger partial charge in [-0.25, -0.2) is 18.0 Å². The van der Waals surface area contributed by atoms with Crippen LogP contribution in [0.15, 0.2) is 36.4 Å². The van der Waals surface area contributed by atoms with Gasteiger partial charge in [-0.15, -0.1) is 0 Å². The number of benzene rings is 2. The van der Waals surface area contributed by atoms with Crippen LogP contribution in [0.2, 0.25) is 0 Å². The predicted molar refractivity (Wildman–Crippen MR) is 64.4 cm³/mol. The molecule has 0 saturated carbocycles. The Kier molecular flexibility index (Phi) is 3.88. The van der Waals surface area contributed by atoms with Crippen molar-refractivity contribution in [1.29, 1.82) is 0 Å². The molecule has 0 aliphatic rings. The molecule has 0 amide bonds. The lowest BCUT2D eigenvalue weighted by Gasteiger charge is -2.05. The highest BCUT2D eigenvalue weighted by Gasteiger charge is 2.20. The molecule has 0 bridgehead atoms. The molecule has 0 saturated heterocycles. The summed E-state index contributed by atoms with van der Waals surface area (Å²) in [5, 5.41) is 10.7. The van der Waals surface area contributed by atoms with Crippen LogP contribution in [0, 0.1) is 27.6 Å². The Morgan fingerprint density at radius 1 is 1.05 bits per heavy atom. The van der Waals surface area contributed by atoms with Gasteiger partial charge < -0.3 is 4.74 Å². The second kappa shape index (κ2) is 5.61. The number of halogens is 3. The first-order valence-electron chi connectivity index (χ1n) is 5.49. The quantitative estimate of drug-likeness (QED) is 0.377. The first kappa shape index (κ1) is 14.5. The molecule has 0 atom stereocenters. The lowest BCUT2D eigenvalue weighted by atomic mass is 10.2. The van der Waals surface area contributed by atoms with E-state index in [4.69, 9.17) is 0 Å². The summed E-state index contributed by atoms with van der Waals surface area (Å²) in [5.74, 6) is -5.10. The van der Waals surface area contributed by atoms with Crippen LogP contribution >= 0.6 is 0 Å². The molecule has 5 nitrogen and oxygen atoms in total. The SMILES string of the molecule is O=C(Oc1cc(F)ccc1[N+](=O)[O-])c1ccc(F)c(F)c1. The fourth-order valence-corrected chi connectivity index (χ4v) is 1.50. The lowest BCUT2D eigenvalue weighted by Crippen LogP contribution is -2.10. The van der Waals surface area contributed by atoms with Crippen LogP contribution in [0.1, 0.15) is 10.4 Å². The molecule has 21 heavy (non-hydrogen) atoms. The van der Waals surface area contributed by atoms with Gasteiger partial charge in [0.15, 0.2) is 11.6 Å². The zero-order chi connectivity index (χ0) is 15.6. The van der Waals surface area contributed by atoms with Crippen molar-refractivity contribution < 1.29 is 27.6 Å². The fourth-order valence-electron chi connectivity index (χ4n) is 1.50. The Hall–Kier alpha value is -2.90. The number of nitrogens with zero attached hydrogens (tertiary/aromatic N) is 1. The van der Waals surface area contributed by atoms with Gasteiger partial charge in [0, 0.05) is 12.1 Å². The molecule has 2 aromatic carbocycles. The molecule has 108 valence electrons. The van der Waals surface area contributed by atoms with Crippen molar-refractivity contribution in [3.63, 3.8) is 0 Å². The van der Waals surface area contributed by atoms with Crippen molar-refractivity contribution in [3.05, 3.63) is 69.5 Å². The summed E-state index contributed by atoms with van der Waals surface area (Å²) >= 11 is 0. The van der Waals surface area contributed by atoms with Gasteiger partial charge in [-0.2, -0.15) is 0 Å². The van der Waals surface area contributed by atoms with Gasteiger partial charge in [0.2, 0.25) is 5.75 Å². The van der Waals surface area contributed by atoms with Gasteiger partial charge in [-0.05, 0) is 24.3 Å². The summed E-state index contributed by atoms with van der Waals surface area (Å²) in [6.07, 6.45) is 0. The molecule has 0 aromatic heterocycles. The maximum Gasteiger partial charge on any atom is 0.343 e. The molecular weight excluding hydrogens is 291 g/mol. The van der Waals surface area contributed by atoms with Crippen molar-refractivity contribution in [1.82, 2.24) is 0 Å². The van der Waals surface area contributed by atoms with Crippen molar-refractivity contribution >= 4 is 11.7 Å². The molecule has 0 aliphatic carbocycles. The average molecular weight is 297 g/mol. The van der Waals surface area contributed by atoms with E-state index in [-0.39, 0.29) is 5.56 Å². The summed E-state index contributed by atoms with van der Waals surface area (Å²) in [6.45, 7) is 0. The van der Waals surface area contributed by atoms with E-state index in [0.29, 0.717) is 18.2 Å². The number of nitro groups is 1. The van der Waals surface area contributed by atoms with Gasteiger partial charge in [-0.3, -0.25) is 10.1 Å². The summed E-state index contributed by atoms with van der Waals surface area (Å²) in [5.41, 5.74) is -1.00. The summed E-state index contributed by atoms with van der Waals surface area (Å²) in [4.78, 5) is 21.6. The van der Waals surface area contributed by atoms with Crippen molar-refractivity contribution in [3.8, 4) is 5.75 Å². The zero-order valence-electron chi connectivity index (χ0n) is 10.2. The maximum absolute atomic E-state index is 13.1. The van der Waals surface area contributed by atoms with E-state index in [1.54, 1.807) is 0 Å². The standard InChI is InChI=1S/C13H6F3NO4/c14-8-2-4-11(17(19)20)12(6-8)21-13(18)7-1-3-9(15)10(16)5-7/h1-6H. The number of carbonyl (C=O) groups excluding carboxylic acids is 1. The molecule has 2 rings (SSSR count). The van der Waals surface area contributed by atoms with E-state index in [1.807, 2.05) is 0 Å². The van der Waals surface area contributed by atoms with Crippen molar-refractivity contribution in [2.45, 2.75) is 0 Å². The van der Waals surface area contributed by atoms with E-state index in [9.17, 15) is 28.1 Å². The van der Waals surface area contributed by atoms with Crippen LogP contribution in [0.3, 0.4) is 0 Å². The molecular formula is C13H6F3NO4. The number of carbonyl (C=O) groups is 1. The Morgan fingerprint density at radius 3 is 2.38 bits per heavy atom. The fraction of sp³-hybridized carbons (Fsp3) is 0. The van der Waals surface area contributed by atoms with E-state index >= 15 is 0 Å². The van der Waals surface area contributed by atoms with Gasteiger partial charge in [-0.1, -0.05) is 0 Å². The lowest BCUT2D eigenvalue weighted by molar-refractivity contribution is -0.385. The summed E-state index contributed by atoms with van der Waals surface area (Å²) in [7, 11) is 0. The van der Waals surface area contributed by atoms with Gasteiger partial charge in [0.25, 0.3) is 0 Å². The Bertz CT molecular complexity index is 733. The van der Waals surface area contributed by atoms with Gasteiger partial charge >= 0.3 is 11.7 Å². The number of esters is 1. The Balaban J connectivity index is 2.33. The third kappa shape index (κ3) is 3.16. The summed E-state index contributed by atoms with van der Waals surface area (Å²) in [6, 6.07) is 4.51. The second-order valence-electron chi connectivity index (χ2n) is 3.89. The van der Waals surface area contributed by atoms with Crippen molar-refractivity contribution in [2.75, 3.05) is 0 Å². The number of rotatable bonds is 3. The molecule has 0 unspecified atom stereocenters. The largest absolute Gasteiger partial charge is 0.415 e. The molecule has 8 heteroatoms. The number of ether oxygens (including phenoxy) is 1. The molecule has 0 heterocycles. The number of hydrogen-bond donors (Lipinski definition) is 0. The van der Waals surface area contributed by atoms with E-state index in [0.717, 1.165) is 18.2 Å². The zero-order valence-corrected chi connectivity index (χ0v) is 10.2. The minimum atomic E-state index is -1.28. The smallest absolute Gasteiger partial charge is 0.343 e. The van der Waals surface area contributed by atoms with Crippen LogP contribution in [0.25, 0.3) is 0 Å². The topological polar surface area (TPSA) is 69.4 Å². The Labute approximate surface area is 115 Å². The highest BCUT2D eigenvalue weighted by atomic mass is 19.2. The number of nitro benzene ring substituents is 1. The molecule has 0 spiro atoms. The van der Waals surface area contributed by atoms with Crippen LogP contribution in [-0.2, 0) is 0 Å². The molecule has 2 aromatic rings. The third-order valence-corrected chi connectivity index (χ3v) is 2.48. The highest BCUT2D eigenvalue weighted by molar-refractivity contribution is 5.91. The predicted octanol–water partition coefficient (Wildman–Crippen LogP) is 3.23. The van der Waals surface area contributed by atoms with Gasteiger partial charge in [0.1, 0.15) is 5.82 Å². The number of hydrogen-bond acceptors (Lipinski definition) is 4. The summed E-state index contributed by atoms with van der Waals surface area (Å²) < 4.78 is 43.5. The highest BCUT2D eigenvalue weighted by Crippen LogP contribution is 2.28. The van der Waals surface area contributed by atoms with E-state index in [1.165, 1.54) is 0 Å². The average Bonchev–Trinajstić information content (AvgIpc) is 2.41. The monoisotopic (exact) mass is 297 g/mol. The van der Waals surface area contributed by atoms with Crippen LogP contribution in [0.4, 0.5) is 18.9 Å². The van der Waals surface area contributed by atoms with Crippen molar-refractivity contribution in [2.24, 2.45) is 0 Å². The van der Waals surface area contributed by atoms with Crippen LogP contribution < -0.4 is 4.74 Å². The minimum Gasteiger partial charge on any atom is -0.415 e. The Morgan fingerprint density at radius 2 is 1.76 bits per heavy atom. The second-order valence-corrected chi connectivity index (χ2v) is 3.89. The van der Waals surface area contributed by atoms with Gasteiger partial charge in [0.05, 0.1) is 10.5 Å². The van der Waals surface area contributed by atoms with E-state index in [2.05, 4.69) is 4.74 Å². The third-order valence-electron chi connectivity index (χ3n) is 2.48. The minimum absolute atomic E-state index is 0.368. The molecule has 0 radical (unpaired) electrons. The van der Waals surface area contributed by atoms with E-state index < -0.39 is 39.8 Å². The molecule has 0 aliphatic heterocycles. The normalized spacial score (nSPS) is 10.2. The first-order valence-corrected chi connectivity index (χ1v) is 5.49. The van der Waals surface area contributed by atoms with Crippen LogP contribution in [0.5, 0.6) is 5.75 Å². The molecule has 0 N–H and O–H groups in total. The molecule has 0 fully saturated rings.